The summed E-state index contributed by atoms with van der Waals surface area (Å²) in [6.07, 6.45) is 12.9. The average Bonchev–Trinajstić information content (AvgIpc) is 3.11. The summed E-state index contributed by atoms with van der Waals surface area (Å²) in [5.74, 6) is 4.69. The number of hydrazine groups is 1. The Balaban J connectivity index is 1.24. The van der Waals surface area contributed by atoms with Gasteiger partial charge in [-0.25, -0.2) is 5.01 Å². The fraction of sp³-hybridized carbons (Fsp3) is 1.00. The van der Waals surface area contributed by atoms with Crippen molar-refractivity contribution in [2.75, 3.05) is 45.8 Å². The summed E-state index contributed by atoms with van der Waals surface area (Å²) in [5, 5.41) is 9.74. The predicted molar refractivity (Wildman–Crippen MR) is 112 cm³/mol. The molecule has 4 rings (SSSR count). The maximum absolute atomic E-state index is 5.60. The predicted octanol–water partition coefficient (Wildman–Crippen LogP) is 1.95. The SMILES string of the molecule is NCCNCC1CCC(C2CCC3CNN(CC4CCNCC4)C3C2)CC1. The summed E-state index contributed by atoms with van der Waals surface area (Å²) >= 11 is 0. The van der Waals surface area contributed by atoms with Gasteiger partial charge in [-0.05, 0) is 107 Å². The average molecular weight is 378 g/mol. The van der Waals surface area contributed by atoms with Crippen molar-refractivity contribution in [1.29, 1.82) is 0 Å². The summed E-state index contributed by atoms with van der Waals surface area (Å²) in [7, 11) is 0. The van der Waals surface area contributed by atoms with E-state index in [-0.39, 0.29) is 0 Å². The number of nitrogens with two attached hydrogens (primary N) is 1. The summed E-state index contributed by atoms with van der Waals surface area (Å²) in [6.45, 7) is 7.90. The molecular formula is C22H43N5. The molecule has 0 aromatic carbocycles. The van der Waals surface area contributed by atoms with E-state index in [4.69, 9.17) is 5.73 Å². The molecule has 2 aliphatic heterocycles. The Morgan fingerprint density at radius 1 is 0.852 bits per heavy atom. The molecule has 5 heteroatoms. The summed E-state index contributed by atoms with van der Waals surface area (Å²) < 4.78 is 0. The molecule has 3 atom stereocenters. The third-order valence-electron chi connectivity index (χ3n) is 8.18. The maximum Gasteiger partial charge on any atom is 0.0287 e. The molecule has 2 saturated carbocycles. The first-order chi connectivity index (χ1) is 13.3. The highest BCUT2D eigenvalue weighted by Gasteiger charge is 2.42. The standard InChI is InChI=1S/C22H43N5/c23-9-12-25-14-17-1-3-19(4-2-17)20-5-6-21-15-26-27(22(21)13-20)16-18-7-10-24-11-8-18/h17-22,24-26H,1-16,23H2. The normalized spacial score (nSPS) is 38.8. The summed E-state index contributed by atoms with van der Waals surface area (Å²) in [4.78, 5) is 0. The molecule has 5 nitrogen and oxygen atoms in total. The van der Waals surface area contributed by atoms with E-state index in [9.17, 15) is 0 Å². The van der Waals surface area contributed by atoms with Crippen LogP contribution in [0.5, 0.6) is 0 Å². The topological polar surface area (TPSA) is 65.3 Å². The lowest BCUT2D eigenvalue weighted by Gasteiger charge is -2.42. The Bertz CT molecular complexity index is 430. The van der Waals surface area contributed by atoms with Crippen LogP contribution in [0.25, 0.3) is 0 Å². The Kier molecular flexibility index (Phi) is 7.45. The van der Waals surface area contributed by atoms with Crippen LogP contribution in [0.2, 0.25) is 0 Å². The fourth-order valence-electron chi connectivity index (χ4n) is 6.46. The van der Waals surface area contributed by atoms with E-state index in [1.54, 1.807) is 0 Å². The highest BCUT2D eigenvalue weighted by Crippen LogP contribution is 2.43. The highest BCUT2D eigenvalue weighted by atomic mass is 15.5. The van der Waals surface area contributed by atoms with Gasteiger partial charge in [-0.3, -0.25) is 5.43 Å². The van der Waals surface area contributed by atoms with Gasteiger partial charge in [-0.1, -0.05) is 0 Å². The van der Waals surface area contributed by atoms with Crippen LogP contribution in [0.3, 0.4) is 0 Å². The van der Waals surface area contributed by atoms with E-state index in [1.807, 2.05) is 0 Å². The van der Waals surface area contributed by atoms with Gasteiger partial charge in [0.1, 0.15) is 0 Å². The summed E-state index contributed by atoms with van der Waals surface area (Å²) in [6, 6.07) is 0.822. The molecule has 156 valence electrons. The van der Waals surface area contributed by atoms with Crippen molar-refractivity contribution in [1.82, 2.24) is 21.1 Å². The van der Waals surface area contributed by atoms with Gasteiger partial charge in [0.15, 0.2) is 0 Å². The fourth-order valence-corrected chi connectivity index (χ4v) is 6.46. The van der Waals surface area contributed by atoms with Crippen molar-refractivity contribution >= 4 is 0 Å². The molecule has 2 aliphatic carbocycles. The third-order valence-corrected chi connectivity index (χ3v) is 8.18. The zero-order chi connectivity index (χ0) is 18.5. The van der Waals surface area contributed by atoms with Gasteiger partial charge in [-0.2, -0.15) is 0 Å². The van der Waals surface area contributed by atoms with Crippen molar-refractivity contribution in [3.05, 3.63) is 0 Å². The van der Waals surface area contributed by atoms with E-state index in [0.717, 1.165) is 48.7 Å². The molecule has 0 aromatic heterocycles. The lowest BCUT2D eigenvalue weighted by Crippen LogP contribution is -2.46. The van der Waals surface area contributed by atoms with Crippen LogP contribution >= 0.6 is 0 Å². The van der Waals surface area contributed by atoms with Crippen LogP contribution in [0.4, 0.5) is 0 Å². The first-order valence-corrected chi connectivity index (χ1v) is 11.9. The molecule has 2 saturated heterocycles. The Morgan fingerprint density at radius 3 is 2.37 bits per heavy atom. The Labute approximate surface area is 166 Å². The van der Waals surface area contributed by atoms with Crippen molar-refractivity contribution in [3.8, 4) is 0 Å². The van der Waals surface area contributed by atoms with Gasteiger partial charge >= 0.3 is 0 Å². The van der Waals surface area contributed by atoms with E-state index < -0.39 is 0 Å². The lowest BCUT2D eigenvalue weighted by molar-refractivity contribution is 0.0658. The molecule has 0 radical (unpaired) electrons. The largest absolute Gasteiger partial charge is 0.329 e. The molecule has 4 aliphatic rings. The number of piperidine rings is 1. The summed E-state index contributed by atoms with van der Waals surface area (Å²) in [5.41, 5.74) is 9.40. The Morgan fingerprint density at radius 2 is 1.59 bits per heavy atom. The third kappa shape index (κ3) is 5.24. The zero-order valence-corrected chi connectivity index (χ0v) is 17.3. The smallest absolute Gasteiger partial charge is 0.0287 e. The molecule has 0 spiro atoms. The lowest BCUT2D eigenvalue weighted by atomic mass is 9.68. The van der Waals surface area contributed by atoms with Gasteiger partial charge in [-0.15, -0.1) is 0 Å². The zero-order valence-electron chi connectivity index (χ0n) is 17.3. The molecule has 5 N–H and O–H groups in total. The molecule has 0 bridgehead atoms. The number of nitrogens with zero attached hydrogens (tertiary/aromatic N) is 1. The van der Waals surface area contributed by atoms with E-state index in [0.29, 0.717) is 0 Å². The minimum Gasteiger partial charge on any atom is -0.329 e. The molecule has 2 heterocycles. The highest BCUT2D eigenvalue weighted by molar-refractivity contribution is 4.94. The van der Waals surface area contributed by atoms with Crippen LogP contribution in [-0.2, 0) is 0 Å². The van der Waals surface area contributed by atoms with Gasteiger partial charge in [0.2, 0.25) is 0 Å². The quantitative estimate of drug-likeness (QED) is 0.511. The first kappa shape index (κ1) is 20.1. The minimum atomic E-state index is 0.766. The van der Waals surface area contributed by atoms with Crippen molar-refractivity contribution in [3.63, 3.8) is 0 Å². The monoisotopic (exact) mass is 377 g/mol. The van der Waals surface area contributed by atoms with Crippen LogP contribution in [0, 0.1) is 29.6 Å². The number of fused-ring (bicyclic) bond motifs is 1. The number of rotatable bonds is 7. The first-order valence-electron chi connectivity index (χ1n) is 11.9. The van der Waals surface area contributed by atoms with Crippen molar-refractivity contribution in [2.45, 2.75) is 63.8 Å². The molecule has 3 unspecified atom stereocenters. The second kappa shape index (κ2) is 10.0. The molecule has 4 fully saturated rings. The molecule has 0 aromatic rings. The van der Waals surface area contributed by atoms with Crippen LogP contribution in [-0.4, -0.2) is 56.9 Å². The van der Waals surface area contributed by atoms with Crippen LogP contribution in [0.1, 0.15) is 57.8 Å². The van der Waals surface area contributed by atoms with Crippen LogP contribution < -0.4 is 21.8 Å². The van der Waals surface area contributed by atoms with Gasteiger partial charge < -0.3 is 16.4 Å². The van der Waals surface area contributed by atoms with Crippen molar-refractivity contribution < 1.29 is 0 Å². The molecular weight excluding hydrogens is 334 g/mol. The Hall–Kier alpha value is -0.200. The number of nitrogens with one attached hydrogen (secondary N) is 3. The van der Waals surface area contributed by atoms with E-state index in [1.165, 1.54) is 90.5 Å². The van der Waals surface area contributed by atoms with Gasteiger partial charge in [0.25, 0.3) is 0 Å². The minimum absolute atomic E-state index is 0.766. The van der Waals surface area contributed by atoms with E-state index in [2.05, 4.69) is 21.1 Å². The van der Waals surface area contributed by atoms with Gasteiger partial charge in [0, 0.05) is 32.2 Å². The molecule has 0 amide bonds. The second-order valence-electron chi connectivity index (χ2n) is 9.88. The van der Waals surface area contributed by atoms with Crippen LogP contribution in [0.15, 0.2) is 0 Å². The maximum atomic E-state index is 5.60. The second-order valence-corrected chi connectivity index (χ2v) is 9.88. The van der Waals surface area contributed by atoms with Crippen molar-refractivity contribution in [2.24, 2.45) is 35.3 Å². The van der Waals surface area contributed by atoms with Gasteiger partial charge in [0.05, 0.1) is 0 Å². The number of hydrogen-bond acceptors (Lipinski definition) is 5. The van der Waals surface area contributed by atoms with E-state index >= 15 is 0 Å². The molecule has 27 heavy (non-hydrogen) atoms. The number of hydrogen-bond donors (Lipinski definition) is 4.